The van der Waals surface area contributed by atoms with Crippen LogP contribution in [-0.2, 0) is 0 Å². The molecule has 0 aliphatic rings. The van der Waals surface area contributed by atoms with E-state index >= 15 is 0 Å². The summed E-state index contributed by atoms with van der Waals surface area (Å²) in [5.74, 6) is 1.35. The normalized spacial score (nSPS) is 12.9. The minimum absolute atomic E-state index is 0.289. The highest BCUT2D eigenvalue weighted by Crippen LogP contribution is 2.31. The molecular formula is C12H18ClNO. The fourth-order valence-corrected chi connectivity index (χ4v) is 1.95. The van der Waals surface area contributed by atoms with E-state index in [1.165, 1.54) is 0 Å². The van der Waals surface area contributed by atoms with Gasteiger partial charge in [-0.25, -0.2) is 0 Å². The van der Waals surface area contributed by atoms with Gasteiger partial charge in [0.2, 0.25) is 0 Å². The third kappa shape index (κ3) is 2.86. The number of hydrogen-bond acceptors (Lipinski definition) is 2. The molecule has 0 radical (unpaired) electrons. The van der Waals surface area contributed by atoms with Gasteiger partial charge in [-0.1, -0.05) is 31.5 Å². The van der Waals surface area contributed by atoms with E-state index in [1.807, 2.05) is 25.2 Å². The number of benzene rings is 1. The lowest BCUT2D eigenvalue weighted by Gasteiger charge is -2.22. The molecule has 1 rings (SSSR count). The van der Waals surface area contributed by atoms with E-state index in [0.717, 1.165) is 11.3 Å². The molecule has 3 heteroatoms. The second kappa shape index (κ2) is 5.38. The van der Waals surface area contributed by atoms with E-state index in [9.17, 15) is 0 Å². The molecule has 1 N–H and O–H groups in total. The highest BCUT2D eigenvalue weighted by Gasteiger charge is 2.17. The van der Waals surface area contributed by atoms with Crippen LogP contribution in [0.3, 0.4) is 0 Å². The summed E-state index contributed by atoms with van der Waals surface area (Å²) in [6.45, 7) is 4.35. The maximum absolute atomic E-state index is 5.92. The van der Waals surface area contributed by atoms with E-state index in [1.54, 1.807) is 7.11 Å². The monoisotopic (exact) mass is 227 g/mol. The van der Waals surface area contributed by atoms with Gasteiger partial charge in [0.05, 0.1) is 7.11 Å². The lowest BCUT2D eigenvalue weighted by molar-refractivity contribution is 0.381. The first-order valence-electron chi connectivity index (χ1n) is 5.10. The first-order valence-corrected chi connectivity index (χ1v) is 5.48. The van der Waals surface area contributed by atoms with Gasteiger partial charge in [0.15, 0.2) is 0 Å². The Balaban J connectivity index is 3.11. The molecule has 0 spiro atoms. The topological polar surface area (TPSA) is 21.3 Å². The maximum Gasteiger partial charge on any atom is 0.125 e. The molecule has 15 heavy (non-hydrogen) atoms. The van der Waals surface area contributed by atoms with Gasteiger partial charge in [-0.2, -0.15) is 0 Å². The molecule has 1 atom stereocenters. The van der Waals surface area contributed by atoms with Crippen molar-refractivity contribution in [3.8, 4) is 5.75 Å². The van der Waals surface area contributed by atoms with Gasteiger partial charge in [-0.3, -0.25) is 0 Å². The van der Waals surface area contributed by atoms with Crippen LogP contribution in [-0.4, -0.2) is 14.2 Å². The minimum Gasteiger partial charge on any atom is -0.496 e. The number of halogens is 1. The number of ether oxygens (including phenoxy) is 1. The summed E-state index contributed by atoms with van der Waals surface area (Å²) in [4.78, 5) is 0. The molecule has 0 amide bonds. The molecule has 0 aliphatic carbocycles. The van der Waals surface area contributed by atoms with E-state index in [0.29, 0.717) is 10.9 Å². The van der Waals surface area contributed by atoms with Crippen molar-refractivity contribution in [1.29, 1.82) is 0 Å². The van der Waals surface area contributed by atoms with Crippen molar-refractivity contribution in [3.63, 3.8) is 0 Å². The van der Waals surface area contributed by atoms with Crippen LogP contribution >= 0.6 is 11.6 Å². The van der Waals surface area contributed by atoms with Crippen molar-refractivity contribution >= 4 is 11.6 Å². The fraction of sp³-hybridized carbons (Fsp3) is 0.500. The van der Waals surface area contributed by atoms with Crippen molar-refractivity contribution in [1.82, 2.24) is 5.32 Å². The van der Waals surface area contributed by atoms with Gasteiger partial charge in [0.1, 0.15) is 5.75 Å². The molecule has 1 aromatic carbocycles. The van der Waals surface area contributed by atoms with E-state index < -0.39 is 0 Å². The van der Waals surface area contributed by atoms with Crippen molar-refractivity contribution in [2.24, 2.45) is 5.92 Å². The lowest BCUT2D eigenvalue weighted by Crippen LogP contribution is -2.22. The summed E-state index contributed by atoms with van der Waals surface area (Å²) in [5, 5.41) is 3.99. The third-order valence-electron chi connectivity index (χ3n) is 2.51. The molecule has 0 saturated heterocycles. The predicted octanol–water partition coefficient (Wildman–Crippen LogP) is 3.27. The van der Waals surface area contributed by atoms with E-state index in [2.05, 4.69) is 19.2 Å². The number of methoxy groups -OCH3 is 1. The third-order valence-corrected chi connectivity index (χ3v) is 2.74. The fourth-order valence-electron chi connectivity index (χ4n) is 1.79. The number of hydrogen-bond donors (Lipinski definition) is 1. The van der Waals surface area contributed by atoms with Gasteiger partial charge >= 0.3 is 0 Å². The quantitative estimate of drug-likeness (QED) is 0.853. The molecule has 2 nitrogen and oxygen atoms in total. The van der Waals surface area contributed by atoms with E-state index in [4.69, 9.17) is 16.3 Å². The summed E-state index contributed by atoms with van der Waals surface area (Å²) in [6, 6.07) is 6.05. The van der Waals surface area contributed by atoms with Crippen molar-refractivity contribution < 1.29 is 4.74 Å². The van der Waals surface area contributed by atoms with Gasteiger partial charge in [-0.05, 0) is 25.1 Å². The Morgan fingerprint density at radius 1 is 1.33 bits per heavy atom. The zero-order chi connectivity index (χ0) is 11.4. The van der Waals surface area contributed by atoms with Gasteiger partial charge < -0.3 is 10.1 Å². The van der Waals surface area contributed by atoms with Crippen LogP contribution in [0.4, 0.5) is 0 Å². The Bertz CT molecular complexity index is 325. The first kappa shape index (κ1) is 12.3. The average Bonchev–Trinajstić information content (AvgIpc) is 2.20. The second-order valence-electron chi connectivity index (χ2n) is 3.90. The highest BCUT2D eigenvalue weighted by molar-refractivity contribution is 6.30. The number of rotatable bonds is 4. The molecule has 84 valence electrons. The molecule has 0 aliphatic heterocycles. The molecule has 1 unspecified atom stereocenters. The van der Waals surface area contributed by atoms with Crippen LogP contribution in [0.1, 0.15) is 25.5 Å². The Labute approximate surface area is 96.6 Å². The van der Waals surface area contributed by atoms with Crippen molar-refractivity contribution in [2.45, 2.75) is 19.9 Å². The SMILES string of the molecule is CNC(c1ccc(Cl)cc1OC)C(C)C. The largest absolute Gasteiger partial charge is 0.496 e. The summed E-state index contributed by atoms with van der Waals surface area (Å²) in [5.41, 5.74) is 1.15. The van der Waals surface area contributed by atoms with Gasteiger partial charge in [0, 0.05) is 16.6 Å². The molecule has 1 aromatic rings. The first-order chi connectivity index (χ1) is 7.10. The number of nitrogens with one attached hydrogen (secondary N) is 1. The molecule has 0 bridgehead atoms. The average molecular weight is 228 g/mol. The van der Waals surface area contributed by atoms with Crippen LogP contribution in [0.15, 0.2) is 18.2 Å². The molecule has 0 saturated carbocycles. The molecule has 0 fully saturated rings. The summed E-state index contributed by atoms with van der Waals surface area (Å²) >= 11 is 5.92. The Kier molecular flexibility index (Phi) is 4.43. The standard InChI is InChI=1S/C12H18ClNO/c1-8(2)12(14-3)10-6-5-9(13)7-11(10)15-4/h5-8,12,14H,1-4H3. The van der Waals surface area contributed by atoms with E-state index in [-0.39, 0.29) is 6.04 Å². The summed E-state index contributed by atoms with van der Waals surface area (Å²) in [7, 11) is 3.63. The Hall–Kier alpha value is -0.730. The van der Waals surface area contributed by atoms with Crippen LogP contribution in [0.5, 0.6) is 5.75 Å². The summed E-state index contributed by atoms with van der Waals surface area (Å²) in [6.07, 6.45) is 0. The Morgan fingerprint density at radius 2 is 2.00 bits per heavy atom. The highest BCUT2D eigenvalue weighted by atomic mass is 35.5. The molecule has 0 heterocycles. The van der Waals surface area contributed by atoms with Crippen LogP contribution in [0.25, 0.3) is 0 Å². The zero-order valence-electron chi connectivity index (χ0n) is 9.67. The zero-order valence-corrected chi connectivity index (χ0v) is 10.4. The maximum atomic E-state index is 5.92. The van der Waals surface area contributed by atoms with Crippen molar-refractivity contribution in [3.05, 3.63) is 28.8 Å². The molecule has 0 aromatic heterocycles. The van der Waals surface area contributed by atoms with Crippen LogP contribution < -0.4 is 10.1 Å². The Morgan fingerprint density at radius 3 is 2.47 bits per heavy atom. The minimum atomic E-state index is 0.289. The van der Waals surface area contributed by atoms with Crippen molar-refractivity contribution in [2.75, 3.05) is 14.2 Å². The lowest BCUT2D eigenvalue weighted by atomic mass is 9.95. The summed E-state index contributed by atoms with van der Waals surface area (Å²) < 4.78 is 5.33. The van der Waals surface area contributed by atoms with Crippen LogP contribution in [0, 0.1) is 5.92 Å². The second-order valence-corrected chi connectivity index (χ2v) is 4.33. The molecular weight excluding hydrogens is 210 g/mol. The van der Waals surface area contributed by atoms with Gasteiger partial charge in [-0.15, -0.1) is 0 Å². The van der Waals surface area contributed by atoms with Crippen LogP contribution in [0.2, 0.25) is 5.02 Å². The predicted molar refractivity (Wildman–Crippen MR) is 64.6 cm³/mol. The van der Waals surface area contributed by atoms with Gasteiger partial charge in [0.25, 0.3) is 0 Å². The smallest absolute Gasteiger partial charge is 0.125 e.